The van der Waals surface area contributed by atoms with Gasteiger partial charge in [-0.25, -0.2) is 19.5 Å². The van der Waals surface area contributed by atoms with Gasteiger partial charge in [0.1, 0.15) is 22.7 Å². The number of nitrogens with zero attached hydrogens (tertiary/aromatic N) is 5. The second-order valence-corrected chi connectivity index (χ2v) is 7.55. The van der Waals surface area contributed by atoms with Gasteiger partial charge in [-0.15, -0.1) is 0 Å². The van der Waals surface area contributed by atoms with E-state index in [0.717, 1.165) is 12.8 Å². The molecular weight excluding hydrogens is 380 g/mol. The molecule has 4 radical (unpaired) electrons. The van der Waals surface area contributed by atoms with Crippen molar-refractivity contribution in [2.45, 2.75) is 43.6 Å². The summed E-state index contributed by atoms with van der Waals surface area (Å²) in [6.07, 6.45) is 9.37. The van der Waals surface area contributed by atoms with E-state index in [1.807, 2.05) is 0 Å². The first-order chi connectivity index (χ1) is 14.4. The van der Waals surface area contributed by atoms with Crippen LogP contribution in [0.25, 0.3) is 17.0 Å². The molecule has 1 saturated heterocycles. The van der Waals surface area contributed by atoms with Crippen LogP contribution in [0.4, 0.5) is 5.95 Å². The quantitative estimate of drug-likeness (QED) is 0.431. The molecule has 11 heteroatoms. The van der Waals surface area contributed by atoms with E-state index in [-0.39, 0.29) is 11.9 Å². The average Bonchev–Trinajstić information content (AvgIpc) is 3.48. The van der Waals surface area contributed by atoms with Gasteiger partial charge < -0.3 is 20.9 Å². The fraction of sp³-hybridized carbons (Fsp3) is 0.474. The van der Waals surface area contributed by atoms with Crippen LogP contribution in [0.1, 0.15) is 43.7 Å². The van der Waals surface area contributed by atoms with Gasteiger partial charge >= 0.3 is 0 Å². The summed E-state index contributed by atoms with van der Waals surface area (Å²) in [5.74, 6) is 0.718. The number of piperidine rings is 1. The molecule has 1 saturated carbocycles. The third-order valence-corrected chi connectivity index (χ3v) is 4.87. The zero-order valence-electron chi connectivity index (χ0n) is 16.7. The molecule has 3 aromatic rings. The van der Waals surface area contributed by atoms with E-state index in [1.165, 1.54) is 32.4 Å². The first-order valence-electron chi connectivity index (χ1n) is 10.1. The minimum absolute atomic E-state index is 0.168. The summed E-state index contributed by atoms with van der Waals surface area (Å²) in [6.45, 7) is 2.50. The van der Waals surface area contributed by atoms with E-state index in [1.54, 1.807) is 29.0 Å². The minimum atomic E-state index is -2.28. The van der Waals surface area contributed by atoms with Crippen LogP contribution >= 0.6 is 0 Å². The highest BCUT2D eigenvalue weighted by molar-refractivity contribution is 6.37. The maximum Gasteiger partial charge on any atom is 0.220 e. The van der Waals surface area contributed by atoms with E-state index in [9.17, 15) is 5.11 Å². The van der Waals surface area contributed by atoms with Gasteiger partial charge in [-0.05, 0) is 44.8 Å². The second kappa shape index (κ2) is 8.61. The molecule has 0 amide bonds. The summed E-state index contributed by atoms with van der Waals surface area (Å²) in [6, 6.07) is 3.36. The molecule has 0 unspecified atom stereocenters. The molecule has 4 heterocycles. The van der Waals surface area contributed by atoms with Crippen molar-refractivity contribution < 1.29 is 9.84 Å². The van der Waals surface area contributed by atoms with Gasteiger partial charge in [-0.2, -0.15) is 5.10 Å². The number of anilines is 1. The number of rotatable bonds is 4. The highest BCUT2D eigenvalue weighted by Gasteiger charge is 2.31. The third-order valence-electron chi connectivity index (χ3n) is 4.87. The predicted molar refractivity (Wildman–Crippen MR) is 114 cm³/mol. The molecule has 0 aromatic carbocycles. The molecule has 30 heavy (non-hydrogen) atoms. The lowest BCUT2D eigenvalue weighted by Crippen LogP contribution is -2.37. The van der Waals surface area contributed by atoms with E-state index >= 15 is 0 Å². The van der Waals surface area contributed by atoms with Crippen LogP contribution in [0.5, 0.6) is 5.75 Å². The monoisotopic (exact) mass is 403 g/mol. The zero-order chi connectivity index (χ0) is 21.1. The first kappa shape index (κ1) is 20.6. The number of aromatic nitrogens is 5. The Bertz CT molecular complexity index is 1000. The van der Waals surface area contributed by atoms with Crippen molar-refractivity contribution >= 4 is 27.3 Å². The molecule has 3 aromatic heterocycles. The lowest BCUT2D eigenvalue weighted by Gasteiger charge is -2.23. The van der Waals surface area contributed by atoms with E-state index in [4.69, 9.17) is 26.2 Å². The molecule has 2 fully saturated rings. The van der Waals surface area contributed by atoms with Crippen LogP contribution in [0.3, 0.4) is 0 Å². The maximum absolute atomic E-state index is 9.53. The molecule has 0 atom stereocenters. The standard InChI is InChI=1S/C14H12B2N6O2.C5H11N/c15-14(16,23)24-10-5-11-19-6-9(8-3-4-18-13(17)20-8)22(11)21-12(10)7-1-2-7;1-2-4-6-5-3-1/h3-7,23H,1-2H2,(H2,17,18,20);6H,1-5H2. The number of ether oxygens (including phenoxy) is 1. The number of nitrogens with two attached hydrogens (primary N) is 1. The van der Waals surface area contributed by atoms with Crippen LogP contribution in [-0.2, 0) is 0 Å². The lowest BCUT2D eigenvalue weighted by molar-refractivity contribution is 0.0116. The van der Waals surface area contributed by atoms with Gasteiger partial charge in [0.15, 0.2) is 21.3 Å². The van der Waals surface area contributed by atoms with Crippen LogP contribution in [0, 0.1) is 0 Å². The molecule has 0 spiro atoms. The van der Waals surface area contributed by atoms with Crippen molar-refractivity contribution in [3.8, 4) is 17.1 Å². The van der Waals surface area contributed by atoms with Crippen LogP contribution in [0.2, 0.25) is 0 Å². The van der Waals surface area contributed by atoms with Crippen molar-refractivity contribution in [1.29, 1.82) is 0 Å². The van der Waals surface area contributed by atoms with E-state index in [0.29, 0.717) is 28.5 Å². The van der Waals surface area contributed by atoms with Crippen LogP contribution in [-0.4, -0.2) is 64.0 Å². The molecular formula is C19H23B2N7O2. The Morgan fingerprint density at radius 3 is 2.53 bits per heavy atom. The average molecular weight is 403 g/mol. The Morgan fingerprint density at radius 1 is 1.20 bits per heavy atom. The van der Waals surface area contributed by atoms with Gasteiger partial charge in [0, 0.05) is 18.2 Å². The summed E-state index contributed by atoms with van der Waals surface area (Å²) >= 11 is 0. The number of hydrogen-bond donors (Lipinski definition) is 3. The highest BCUT2D eigenvalue weighted by atomic mass is 16.6. The fourth-order valence-electron chi connectivity index (χ4n) is 3.30. The minimum Gasteiger partial charge on any atom is -0.480 e. The van der Waals surface area contributed by atoms with Crippen molar-refractivity contribution in [3.05, 3.63) is 30.2 Å². The summed E-state index contributed by atoms with van der Waals surface area (Å²) in [5.41, 5.74) is 5.81. The number of aliphatic hydroxyl groups is 1. The topological polar surface area (TPSA) is 123 Å². The molecule has 9 nitrogen and oxygen atoms in total. The van der Waals surface area contributed by atoms with Crippen LogP contribution in [0.15, 0.2) is 24.5 Å². The number of hydrogen-bond acceptors (Lipinski definition) is 8. The van der Waals surface area contributed by atoms with Gasteiger partial charge in [0.05, 0.1) is 11.9 Å². The molecule has 2 aliphatic rings. The van der Waals surface area contributed by atoms with Crippen molar-refractivity contribution in [1.82, 2.24) is 29.9 Å². The Kier molecular flexibility index (Phi) is 5.92. The second-order valence-electron chi connectivity index (χ2n) is 7.55. The zero-order valence-corrected chi connectivity index (χ0v) is 16.7. The molecule has 4 N–H and O–H groups in total. The van der Waals surface area contributed by atoms with Crippen molar-refractivity contribution in [2.75, 3.05) is 18.8 Å². The summed E-state index contributed by atoms with van der Waals surface area (Å²) in [5, 5.41) is 17.4. The largest absolute Gasteiger partial charge is 0.480 e. The van der Waals surface area contributed by atoms with Crippen LogP contribution < -0.4 is 15.8 Å². The smallest absolute Gasteiger partial charge is 0.220 e. The van der Waals surface area contributed by atoms with Gasteiger partial charge in [0.25, 0.3) is 0 Å². The van der Waals surface area contributed by atoms with Crippen molar-refractivity contribution in [3.63, 3.8) is 0 Å². The normalized spacial score (nSPS) is 16.7. The summed E-state index contributed by atoms with van der Waals surface area (Å²) in [4.78, 5) is 12.4. The highest BCUT2D eigenvalue weighted by Crippen LogP contribution is 2.43. The summed E-state index contributed by atoms with van der Waals surface area (Å²) in [7, 11) is 10.7. The Balaban J connectivity index is 0.000000313. The Hall–Kier alpha value is -2.65. The predicted octanol–water partition coefficient (Wildman–Crippen LogP) is 0.725. The van der Waals surface area contributed by atoms with Gasteiger partial charge in [0.2, 0.25) is 5.95 Å². The lowest BCUT2D eigenvalue weighted by atomic mass is 9.76. The van der Waals surface area contributed by atoms with Gasteiger partial charge in [-0.1, -0.05) is 6.42 Å². The number of imidazole rings is 1. The first-order valence-corrected chi connectivity index (χ1v) is 10.1. The van der Waals surface area contributed by atoms with E-state index < -0.39 is 5.59 Å². The SMILES string of the molecule is C1CCNCC1.[B]C([B])(O)Oc1cc2ncc(-c3ccnc(N)n3)n2nc1C1CC1. The molecule has 5 rings (SSSR count). The Labute approximate surface area is 177 Å². The number of fused-ring (bicyclic) bond motifs is 1. The molecule has 1 aliphatic heterocycles. The molecule has 1 aliphatic carbocycles. The number of nitrogens with one attached hydrogen (secondary N) is 1. The van der Waals surface area contributed by atoms with Crippen molar-refractivity contribution in [2.24, 2.45) is 0 Å². The molecule has 152 valence electrons. The third kappa shape index (κ3) is 5.09. The van der Waals surface area contributed by atoms with E-state index in [2.05, 4.69) is 25.4 Å². The molecule has 0 bridgehead atoms. The summed E-state index contributed by atoms with van der Waals surface area (Å²) < 4.78 is 6.87. The fourth-order valence-corrected chi connectivity index (χ4v) is 3.30. The maximum atomic E-state index is 9.53. The number of nitrogen functional groups attached to an aromatic ring is 1. The Morgan fingerprint density at radius 2 is 1.97 bits per heavy atom. The van der Waals surface area contributed by atoms with Gasteiger partial charge in [-0.3, -0.25) is 0 Å².